The Hall–Kier alpha value is -1.56. The van der Waals surface area contributed by atoms with E-state index in [0.29, 0.717) is 5.75 Å². The van der Waals surface area contributed by atoms with Gasteiger partial charge >= 0.3 is 0 Å². The monoisotopic (exact) mass is 423 g/mol. The van der Waals surface area contributed by atoms with Crippen molar-refractivity contribution >= 4 is 28.5 Å². The van der Waals surface area contributed by atoms with Crippen LogP contribution in [0.15, 0.2) is 42.5 Å². The van der Waals surface area contributed by atoms with Gasteiger partial charge in [-0.1, -0.05) is 25.1 Å². The first-order valence-corrected chi connectivity index (χ1v) is 8.82. The highest BCUT2D eigenvalue weighted by molar-refractivity contribution is 14.1. The van der Waals surface area contributed by atoms with Gasteiger partial charge in [0.05, 0.1) is 6.04 Å². The molecule has 0 aliphatic heterocycles. The summed E-state index contributed by atoms with van der Waals surface area (Å²) < 4.78 is 6.67. The number of benzene rings is 2. The molecule has 0 aliphatic rings. The molecule has 2 aromatic carbocycles. The second kappa shape index (κ2) is 8.34. The summed E-state index contributed by atoms with van der Waals surface area (Å²) in [5, 5.41) is 3.05. The average molecular weight is 423 g/mol. The molecule has 1 atom stereocenters. The van der Waals surface area contributed by atoms with Crippen LogP contribution in [0.2, 0.25) is 0 Å². The molecule has 3 nitrogen and oxygen atoms in total. The molecule has 2 rings (SSSR count). The maximum Gasteiger partial charge on any atom is 0.258 e. The van der Waals surface area contributed by atoms with Gasteiger partial charge in [-0.05, 0) is 83.8 Å². The summed E-state index contributed by atoms with van der Waals surface area (Å²) in [6.07, 6.45) is 0.845. The van der Waals surface area contributed by atoms with Crippen molar-refractivity contribution in [3.8, 4) is 5.75 Å². The predicted molar refractivity (Wildman–Crippen MR) is 102 cm³/mol. The van der Waals surface area contributed by atoms with Gasteiger partial charge in [-0.3, -0.25) is 4.79 Å². The normalized spacial score (nSPS) is 11.8. The summed E-state index contributed by atoms with van der Waals surface area (Å²) >= 11 is 2.24. The third-order valence-corrected chi connectivity index (χ3v) is 4.58. The minimum absolute atomic E-state index is 0.0159. The molecule has 1 amide bonds. The van der Waals surface area contributed by atoms with Gasteiger partial charge in [0, 0.05) is 3.57 Å². The van der Waals surface area contributed by atoms with Gasteiger partial charge in [-0.2, -0.15) is 0 Å². The molecule has 23 heavy (non-hydrogen) atoms. The summed E-state index contributed by atoms with van der Waals surface area (Å²) in [5.41, 5.74) is 3.64. The van der Waals surface area contributed by atoms with Crippen LogP contribution < -0.4 is 10.1 Å². The Balaban J connectivity index is 1.94. The lowest BCUT2D eigenvalue weighted by Gasteiger charge is -2.19. The molecule has 0 radical (unpaired) electrons. The van der Waals surface area contributed by atoms with Crippen molar-refractivity contribution < 1.29 is 9.53 Å². The summed E-state index contributed by atoms with van der Waals surface area (Å²) in [5.74, 6) is 0.605. The van der Waals surface area contributed by atoms with Crippen LogP contribution in [0.4, 0.5) is 0 Å². The minimum atomic E-state index is -0.103. The zero-order valence-corrected chi connectivity index (χ0v) is 15.9. The van der Waals surface area contributed by atoms with Crippen LogP contribution in [0.25, 0.3) is 0 Å². The predicted octanol–water partition coefficient (Wildman–Crippen LogP) is 4.55. The first kappa shape index (κ1) is 17.8. The molecule has 0 fully saturated rings. The highest BCUT2D eigenvalue weighted by Gasteiger charge is 2.13. The van der Waals surface area contributed by atoms with E-state index in [1.807, 2.05) is 24.3 Å². The fraction of sp³-hybridized carbons (Fsp3) is 0.316. The molecular weight excluding hydrogens is 401 g/mol. The molecule has 0 saturated carbocycles. The van der Waals surface area contributed by atoms with E-state index in [-0.39, 0.29) is 18.6 Å². The largest absolute Gasteiger partial charge is 0.484 e. The van der Waals surface area contributed by atoms with Crippen LogP contribution in [0.1, 0.15) is 36.1 Å². The first-order valence-electron chi connectivity index (χ1n) is 7.74. The molecule has 0 saturated heterocycles. The number of ether oxygens (including phenoxy) is 1. The van der Waals surface area contributed by atoms with E-state index >= 15 is 0 Å². The van der Waals surface area contributed by atoms with Gasteiger partial charge in [0.15, 0.2) is 6.61 Å². The number of rotatable bonds is 6. The average Bonchev–Trinajstić information content (AvgIpc) is 2.55. The van der Waals surface area contributed by atoms with Crippen LogP contribution in [0.3, 0.4) is 0 Å². The number of amides is 1. The van der Waals surface area contributed by atoms with Gasteiger partial charge < -0.3 is 10.1 Å². The molecule has 0 aliphatic carbocycles. The van der Waals surface area contributed by atoms with Crippen LogP contribution >= 0.6 is 22.6 Å². The Bertz CT molecular complexity index is 668. The van der Waals surface area contributed by atoms with Gasteiger partial charge in [0.2, 0.25) is 0 Å². The highest BCUT2D eigenvalue weighted by atomic mass is 127. The second-order valence-corrected chi connectivity index (χ2v) is 6.86. The summed E-state index contributed by atoms with van der Waals surface area (Å²) in [4.78, 5) is 12.1. The number of halogens is 1. The zero-order chi connectivity index (χ0) is 16.8. The van der Waals surface area contributed by atoms with Crippen LogP contribution in [-0.2, 0) is 4.79 Å². The lowest BCUT2D eigenvalue weighted by Crippen LogP contribution is -2.32. The second-order valence-electron chi connectivity index (χ2n) is 5.61. The van der Waals surface area contributed by atoms with E-state index in [2.05, 4.69) is 66.9 Å². The molecule has 0 heterocycles. The quantitative estimate of drug-likeness (QED) is 0.693. The number of aryl methyl sites for hydroxylation is 2. The molecule has 0 bridgehead atoms. The molecule has 0 unspecified atom stereocenters. The zero-order valence-electron chi connectivity index (χ0n) is 13.7. The Kier molecular flexibility index (Phi) is 6.45. The molecule has 2 aromatic rings. The maximum absolute atomic E-state index is 12.1. The van der Waals surface area contributed by atoms with Crippen LogP contribution in [0.5, 0.6) is 5.75 Å². The van der Waals surface area contributed by atoms with E-state index in [1.54, 1.807) is 0 Å². The SMILES string of the molecule is CC[C@H](NC(=O)COc1ccc(I)cc1)c1ccc(C)c(C)c1. The summed E-state index contributed by atoms with van der Waals surface area (Å²) in [7, 11) is 0. The van der Waals surface area contributed by atoms with Crippen LogP contribution in [-0.4, -0.2) is 12.5 Å². The van der Waals surface area contributed by atoms with Crippen molar-refractivity contribution in [3.63, 3.8) is 0 Å². The molecule has 0 spiro atoms. The van der Waals surface area contributed by atoms with Crippen LogP contribution in [0, 0.1) is 17.4 Å². The van der Waals surface area contributed by atoms with E-state index in [4.69, 9.17) is 4.74 Å². The third kappa shape index (κ3) is 5.23. The maximum atomic E-state index is 12.1. The van der Waals surface area contributed by atoms with Crippen molar-refractivity contribution in [1.82, 2.24) is 5.32 Å². The Morgan fingerprint density at radius 3 is 2.43 bits per heavy atom. The number of hydrogen-bond donors (Lipinski definition) is 1. The minimum Gasteiger partial charge on any atom is -0.484 e. The standard InChI is InChI=1S/C19H22INO2/c1-4-18(15-6-5-13(2)14(3)11-15)21-19(22)12-23-17-9-7-16(20)8-10-17/h5-11,18H,4,12H2,1-3H3,(H,21,22)/t18-/m0/s1. The fourth-order valence-corrected chi connectivity index (χ4v) is 2.68. The van der Waals surface area contributed by atoms with Crippen molar-refractivity contribution in [2.75, 3.05) is 6.61 Å². The number of carbonyl (C=O) groups excluding carboxylic acids is 1. The molecule has 122 valence electrons. The van der Waals surface area contributed by atoms with Gasteiger partial charge in [-0.25, -0.2) is 0 Å². The van der Waals surface area contributed by atoms with Gasteiger partial charge in [-0.15, -0.1) is 0 Å². The number of carbonyl (C=O) groups is 1. The molecule has 0 aromatic heterocycles. The highest BCUT2D eigenvalue weighted by Crippen LogP contribution is 2.20. The first-order chi connectivity index (χ1) is 11.0. The van der Waals surface area contributed by atoms with E-state index in [9.17, 15) is 4.79 Å². The lowest BCUT2D eigenvalue weighted by molar-refractivity contribution is -0.123. The van der Waals surface area contributed by atoms with E-state index < -0.39 is 0 Å². The van der Waals surface area contributed by atoms with Gasteiger partial charge in [0.1, 0.15) is 5.75 Å². The Morgan fingerprint density at radius 1 is 1.13 bits per heavy atom. The molecule has 1 N–H and O–H groups in total. The van der Waals surface area contributed by atoms with Crippen molar-refractivity contribution in [2.24, 2.45) is 0 Å². The Morgan fingerprint density at radius 2 is 1.83 bits per heavy atom. The number of hydrogen-bond acceptors (Lipinski definition) is 2. The molecule has 4 heteroatoms. The molecular formula is C19H22INO2. The smallest absolute Gasteiger partial charge is 0.258 e. The van der Waals surface area contributed by atoms with Gasteiger partial charge in [0.25, 0.3) is 5.91 Å². The van der Waals surface area contributed by atoms with E-state index in [1.165, 1.54) is 11.1 Å². The summed E-state index contributed by atoms with van der Waals surface area (Å²) in [6, 6.07) is 14.0. The van der Waals surface area contributed by atoms with Crippen molar-refractivity contribution in [2.45, 2.75) is 33.2 Å². The third-order valence-electron chi connectivity index (χ3n) is 3.86. The number of nitrogens with one attached hydrogen (secondary N) is 1. The fourth-order valence-electron chi connectivity index (χ4n) is 2.32. The van der Waals surface area contributed by atoms with E-state index in [0.717, 1.165) is 15.6 Å². The Labute approximate surface area is 151 Å². The van der Waals surface area contributed by atoms with Crippen molar-refractivity contribution in [3.05, 3.63) is 62.7 Å². The van der Waals surface area contributed by atoms with Crippen molar-refractivity contribution in [1.29, 1.82) is 0 Å². The topological polar surface area (TPSA) is 38.3 Å². The summed E-state index contributed by atoms with van der Waals surface area (Å²) in [6.45, 7) is 6.28. The lowest BCUT2D eigenvalue weighted by atomic mass is 9.99.